The Morgan fingerprint density at radius 3 is 2.16 bits per heavy atom. The van der Waals surface area contributed by atoms with Crippen molar-refractivity contribution in [1.82, 2.24) is 0 Å². The Morgan fingerprint density at radius 2 is 1.63 bits per heavy atom. The number of anilines is 1. The van der Waals surface area contributed by atoms with E-state index in [1.54, 1.807) is 48.0 Å². The first kappa shape index (κ1) is 13.5. The monoisotopic (exact) mass is 273 g/mol. The van der Waals surface area contributed by atoms with Crippen LogP contribution in [0.5, 0.6) is 5.75 Å². The summed E-state index contributed by atoms with van der Waals surface area (Å²) in [5.41, 5.74) is 1.39. The van der Waals surface area contributed by atoms with Crippen LogP contribution in [-0.2, 0) is 0 Å². The third kappa shape index (κ3) is 3.09. The van der Waals surface area contributed by atoms with Crippen LogP contribution in [0.15, 0.2) is 53.4 Å². The molecule has 0 heterocycles. The van der Waals surface area contributed by atoms with Crippen LogP contribution in [-0.4, -0.2) is 24.3 Å². The second-order valence-electron chi connectivity index (χ2n) is 4.11. The summed E-state index contributed by atoms with van der Waals surface area (Å²) in [5, 5.41) is 9.25. The second kappa shape index (κ2) is 5.80. The van der Waals surface area contributed by atoms with Crippen molar-refractivity contribution in [3.05, 3.63) is 54.1 Å². The first-order valence-corrected chi connectivity index (χ1v) is 7.05. The molecule has 0 aliphatic heterocycles. The highest BCUT2D eigenvalue weighted by atomic mass is 32.2. The van der Waals surface area contributed by atoms with Gasteiger partial charge in [-0.25, -0.2) is 0 Å². The number of phenols is 1. The number of carbonyl (C=O) groups is 1. The molecule has 2 aromatic rings. The van der Waals surface area contributed by atoms with Crippen LogP contribution in [0.2, 0.25) is 0 Å². The van der Waals surface area contributed by atoms with Crippen LogP contribution < -0.4 is 4.90 Å². The topological polar surface area (TPSA) is 40.5 Å². The van der Waals surface area contributed by atoms with Gasteiger partial charge in [-0.05, 0) is 54.8 Å². The fourth-order valence-corrected chi connectivity index (χ4v) is 2.13. The van der Waals surface area contributed by atoms with Crippen LogP contribution in [0.4, 0.5) is 5.69 Å². The van der Waals surface area contributed by atoms with E-state index in [1.807, 2.05) is 30.5 Å². The van der Waals surface area contributed by atoms with Crippen molar-refractivity contribution < 1.29 is 9.90 Å². The molecule has 0 saturated heterocycles. The first-order chi connectivity index (χ1) is 9.11. The molecule has 2 rings (SSSR count). The van der Waals surface area contributed by atoms with E-state index in [0.717, 1.165) is 10.6 Å². The maximum absolute atomic E-state index is 12.3. The van der Waals surface area contributed by atoms with E-state index in [4.69, 9.17) is 0 Å². The van der Waals surface area contributed by atoms with E-state index in [2.05, 4.69) is 0 Å². The largest absolute Gasteiger partial charge is 0.508 e. The Morgan fingerprint density at radius 1 is 1.05 bits per heavy atom. The van der Waals surface area contributed by atoms with Crippen molar-refractivity contribution in [2.45, 2.75) is 4.90 Å². The number of phenolic OH excluding ortho intramolecular Hbond substituents is 1. The average Bonchev–Trinajstić information content (AvgIpc) is 2.46. The number of benzene rings is 2. The summed E-state index contributed by atoms with van der Waals surface area (Å²) in [6.45, 7) is 0. The van der Waals surface area contributed by atoms with Gasteiger partial charge in [0, 0.05) is 23.2 Å². The van der Waals surface area contributed by atoms with E-state index >= 15 is 0 Å². The average molecular weight is 273 g/mol. The highest BCUT2D eigenvalue weighted by Gasteiger charge is 2.13. The lowest BCUT2D eigenvalue weighted by Crippen LogP contribution is -2.25. The number of aromatic hydroxyl groups is 1. The Labute approximate surface area is 116 Å². The summed E-state index contributed by atoms with van der Waals surface area (Å²) in [7, 11) is 1.72. The quantitative estimate of drug-likeness (QED) is 0.871. The number of carbonyl (C=O) groups excluding carboxylic acids is 1. The summed E-state index contributed by atoms with van der Waals surface area (Å²) in [6, 6.07) is 14.1. The molecule has 1 amide bonds. The van der Waals surface area contributed by atoms with E-state index in [1.165, 1.54) is 0 Å². The summed E-state index contributed by atoms with van der Waals surface area (Å²) in [5.74, 6) is 0.118. The normalized spacial score (nSPS) is 10.2. The molecule has 0 fully saturated rings. The van der Waals surface area contributed by atoms with Gasteiger partial charge in [0.05, 0.1) is 0 Å². The Hall–Kier alpha value is -1.94. The first-order valence-electron chi connectivity index (χ1n) is 5.83. The summed E-state index contributed by atoms with van der Waals surface area (Å²) >= 11 is 1.64. The van der Waals surface area contributed by atoms with Gasteiger partial charge in [0.25, 0.3) is 5.91 Å². The van der Waals surface area contributed by atoms with Gasteiger partial charge < -0.3 is 10.0 Å². The van der Waals surface area contributed by atoms with Gasteiger partial charge >= 0.3 is 0 Å². The number of thioether (sulfide) groups is 1. The molecule has 0 aliphatic carbocycles. The minimum Gasteiger partial charge on any atom is -0.508 e. The molecule has 0 atom stereocenters. The predicted octanol–water partition coefficient (Wildman–Crippen LogP) is 3.39. The lowest BCUT2D eigenvalue weighted by molar-refractivity contribution is 0.0993. The molecule has 0 bridgehead atoms. The highest BCUT2D eigenvalue weighted by Crippen LogP contribution is 2.20. The van der Waals surface area contributed by atoms with Crippen molar-refractivity contribution >= 4 is 23.4 Å². The van der Waals surface area contributed by atoms with E-state index in [-0.39, 0.29) is 11.7 Å². The molecule has 1 N–H and O–H groups in total. The fraction of sp³-hybridized carbons (Fsp3) is 0.133. The van der Waals surface area contributed by atoms with Crippen molar-refractivity contribution in [3.63, 3.8) is 0 Å². The maximum Gasteiger partial charge on any atom is 0.258 e. The van der Waals surface area contributed by atoms with E-state index < -0.39 is 0 Å². The maximum atomic E-state index is 12.3. The Balaban J connectivity index is 2.20. The van der Waals surface area contributed by atoms with Crippen molar-refractivity contribution in [2.24, 2.45) is 0 Å². The van der Waals surface area contributed by atoms with Gasteiger partial charge in [-0.3, -0.25) is 4.79 Å². The third-order valence-corrected chi connectivity index (χ3v) is 3.62. The Bertz CT molecular complexity index is 564. The SMILES string of the molecule is CSc1ccc(C(=O)N(C)c2ccc(O)cc2)cc1. The van der Waals surface area contributed by atoms with Gasteiger partial charge in [0.15, 0.2) is 0 Å². The van der Waals surface area contributed by atoms with Crippen LogP contribution in [0.25, 0.3) is 0 Å². The molecule has 0 spiro atoms. The minimum atomic E-state index is -0.0710. The zero-order valence-electron chi connectivity index (χ0n) is 10.8. The fourth-order valence-electron chi connectivity index (χ4n) is 1.72. The van der Waals surface area contributed by atoms with Crippen LogP contribution in [0.1, 0.15) is 10.4 Å². The molecule has 0 saturated carbocycles. The molecule has 3 nitrogen and oxygen atoms in total. The van der Waals surface area contributed by atoms with Crippen LogP contribution in [0.3, 0.4) is 0 Å². The molecule has 0 radical (unpaired) electrons. The molecule has 0 unspecified atom stereocenters. The second-order valence-corrected chi connectivity index (χ2v) is 4.99. The molecule has 19 heavy (non-hydrogen) atoms. The molecule has 0 aliphatic rings. The Kier molecular flexibility index (Phi) is 4.12. The third-order valence-electron chi connectivity index (χ3n) is 2.88. The van der Waals surface area contributed by atoms with Crippen molar-refractivity contribution in [2.75, 3.05) is 18.2 Å². The number of nitrogens with zero attached hydrogens (tertiary/aromatic N) is 1. The van der Waals surface area contributed by atoms with Crippen molar-refractivity contribution in [1.29, 1.82) is 0 Å². The molecule has 98 valence electrons. The van der Waals surface area contributed by atoms with E-state index in [9.17, 15) is 9.90 Å². The van der Waals surface area contributed by atoms with Gasteiger partial charge in [-0.2, -0.15) is 0 Å². The summed E-state index contributed by atoms with van der Waals surface area (Å²) in [4.78, 5) is 15.0. The minimum absolute atomic E-state index is 0.0710. The van der Waals surface area contributed by atoms with Gasteiger partial charge in [0.2, 0.25) is 0 Å². The zero-order valence-corrected chi connectivity index (χ0v) is 11.6. The van der Waals surface area contributed by atoms with Crippen molar-refractivity contribution in [3.8, 4) is 5.75 Å². The summed E-state index contributed by atoms with van der Waals surface area (Å²) in [6.07, 6.45) is 2.00. The molecule has 2 aromatic carbocycles. The smallest absolute Gasteiger partial charge is 0.258 e. The van der Waals surface area contributed by atoms with Gasteiger partial charge in [0.1, 0.15) is 5.75 Å². The van der Waals surface area contributed by atoms with Crippen LogP contribution in [0, 0.1) is 0 Å². The van der Waals surface area contributed by atoms with Gasteiger partial charge in [-0.1, -0.05) is 0 Å². The van der Waals surface area contributed by atoms with Gasteiger partial charge in [-0.15, -0.1) is 11.8 Å². The molecular formula is C15H15NO2S. The molecule has 0 aromatic heterocycles. The van der Waals surface area contributed by atoms with E-state index in [0.29, 0.717) is 5.56 Å². The van der Waals surface area contributed by atoms with Crippen LogP contribution >= 0.6 is 11.8 Å². The highest BCUT2D eigenvalue weighted by molar-refractivity contribution is 7.98. The zero-order chi connectivity index (χ0) is 13.8. The number of amides is 1. The molecule has 4 heteroatoms. The number of rotatable bonds is 3. The number of hydrogen-bond acceptors (Lipinski definition) is 3. The molecular weight excluding hydrogens is 258 g/mol. The standard InChI is InChI=1S/C15H15NO2S/c1-16(12-5-7-13(17)8-6-12)15(18)11-3-9-14(19-2)10-4-11/h3-10,17H,1-2H3. The lowest BCUT2D eigenvalue weighted by atomic mass is 10.2. The number of hydrogen-bond donors (Lipinski definition) is 1. The predicted molar refractivity (Wildman–Crippen MR) is 79.1 cm³/mol. The summed E-state index contributed by atoms with van der Waals surface area (Å²) < 4.78 is 0. The lowest BCUT2D eigenvalue weighted by Gasteiger charge is -2.17.